The van der Waals surface area contributed by atoms with Crippen molar-refractivity contribution in [2.24, 2.45) is 0 Å². The summed E-state index contributed by atoms with van der Waals surface area (Å²) in [7, 11) is 0. The zero-order chi connectivity index (χ0) is 31.2. The maximum absolute atomic E-state index is 12.6. The van der Waals surface area contributed by atoms with Gasteiger partial charge in [0.25, 0.3) is 0 Å². The first-order valence-electron chi connectivity index (χ1n) is 16.8. The van der Waals surface area contributed by atoms with Crippen molar-refractivity contribution >= 4 is 5.91 Å². The summed E-state index contributed by atoms with van der Waals surface area (Å²) >= 11 is 0. The molecule has 250 valence electrons. The molecule has 10 nitrogen and oxygen atoms in total. The van der Waals surface area contributed by atoms with Gasteiger partial charge in [0.15, 0.2) is 6.29 Å². The van der Waals surface area contributed by atoms with E-state index in [1.807, 2.05) is 0 Å². The zero-order valence-corrected chi connectivity index (χ0v) is 26.4. The Kier molecular flexibility index (Phi) is 22.8. The van der Waals surface area contributed by atoms with E-state index in [-0.39, 0.29) is 25.4 Å². The second-order valence-corrected chi connectivity index (χ2v) is 12.1. The lowest BCUT2D eigenvalue weighted by Gasteiger charge is -2.40. The van der Waals surface area contributed by atoms with Gasteiger partial charge in [-0.2, -0.15) is 0 Å². The minimum atomic E-state index is -1.60. The number of aliphatic hydroxyl groups excluding tert-OH is 6. The SMILES string of the molecule is CCCCCCCCCCCCCCCCCCCC(=O)N[C@@H](COC1OC(CO)C(O)C(O)C1O)[C@H](O)[C@H](O)CC. The van der Waals surface area contributed by atoms with Gasteiger partial charge in [-0.15, -0.1) is 0 Å². The number of carbonyl (C=O) groups is 1. The highest BCUT2D eigenvalue weighted by molar-refractivity contribution is 5.76. The number of hydrogen-bond donors (Lipinski definition) is 7. The molecule has 0 aromatic rings. The van der Waals surface area contributed by atoms with Crippen LogP contribution in [0.1, 0.15) is 136 Å². The van der Waals surface area contributed by atoms with Gasteiger partial charge in [-0.25, -0.2) is 0 Å². The summed E-state index contributed by atoms with van der Waals surface area (Å²) in [5, 5.41) is 62.8. The molecule has 5 unspecified atom stereocenters. The predicted octanol–water partition coefficient (Wildman–Crippen LogP) is 3.46. The van der Waals surface area contributed by atoms with Crippen LogP contribution in [0.2, 0.25) is 0 Å². The summed E-state index contributed by atoms with van der Waals surface area (Å²) in [5.74, 6) is -0.277. The van der Waals surface area contributed by atoms with E-state index in [9.17, 15) is 35.4 Å². The topological polar surface area (TPSA) is 169 Å². The molecular weight excluding hydrogens is 542 g/mol. The van der Waals surface area contributed by atoms with Gasteiger partial charge < -0.3 is 45.4 Å². The summed E-state index contributed by atoms with van der Waals surface area (Å²) in [6.07, 6.45) is 12.3. The predicted molar refractivity (Wildman–Crippen MR) is 163 cm³/mol. The van der Waals surface area contributed by atoms with Gasteiger partial charge in [-0.3, -0.25) is 4.79 Å². The first kappa shape index (κ1) is 39.2. The number of hydrogen-bond acceptors (Lipinski definition) is 9. The Balaban J connectivity index is 2.21. The van der Waals surface area contributed by atoms with Crippen LogP contribution in [0, 0.1) is 0 Å². The Labute approximate surface area is 254 Å². The van der Waals surface area contributed by atoms with Crippen LogP contribution < -0.4 is 5.32 Å². The third-order valence-electron chi connectivity index (χ3n) is 8.37. The Morgan fingerprint density at radius 2 is 1.21 bits per heavy atom. The average Bonchev–Trinajstić information content (AvgIpc) is 2.99. The molecule has 42 heavy (non-hydrogen) atoms. The number of carbonyl (C=O) groups excluding carboxylic acids is 1. The summed E-state index contributed by atoms with van der Waals surface area (Å²) in [6.45, 7) is 3.05. The van der Waals surface area contributed by atoms with Gasteiger partial charge in [0.1, 0.15) is 30.5 Å². The third kappa shape index (κ3) is 16.3. The molecule has 8 atom stereocenters. The summed E-state index contributed by atoms with van der Waals surface area (Å²) in [5.41, 5.74) is 0. The van der Waals surface area contributed by atoms with Crippen molar-refractivity contribution in [2.75, 3.05) is 13.2 Å². The Morgan fingerprint density at radius 3 is 1.67 bits per heavy atom. The second-order valence-electron chi connectivity index (χ2n) is 12.1. The second kappa shape index (κ2) is 24.5. The van der Waals surface area contributed by atoms with Crippen LogP contribution in [0.5, 0.6) is 0 Å². The fourth-order valence-corrected chi connectivity index (χ4v) is 5.43. The molecule has 1 amide bonds. The van der Waals surface area contributed by atoms with Crippen molar-refractivity contribution in [3.8, 4) is 0 Å². The van der Waals surface area contributed by atoms with Crippen LogP contribution in [-0.4, -0.2) is 98.7 Å². The molecule has 7 N–H and O–H groups in total. The molecule has 0 spiro atoms. The maximum atomic E-state index is 12.6. The van der Waals surface area contributed by atoms with Crippen molar-refractivity contribution < 1.29 is 44.9 Å². The van der Waals surface area contributed by atoms with Gasteiger partial charge in [-0.05, 0) is 12.8 Å². The van der Waals surface area contributed by atoms with E-state index in [1.165, 1.54) is 83.5 Å². The van der Waals surface area contributed by atoms with E-state index < -0.39 is 55.6 Å². The zero-order valence-electron chi connectivity index (χ0n) is 26.4. The van der Waals surface area contributed by atoms with E-state index >= 15 is 0 Å². The number of rotatable bonds is 26. The normalized spacial score (nSPS) is 24.8. The molecule has 1 saturated heterocycles. The number of aliphatic hydroxyl groups is 6. The van der Waals surface area contributed by atoms with Crippen molar-refractivity contribution in [1.82, 2.24) is 5.32 Å². The van der Waals surface area contributed by atoms with Crippen LogP contribution in [0.25, 0.3) is 0 Å². The molecule has 10 heteroatoms. The first-order valence-corrected chi connectivity index (χ1v) is 16.8. The lowest BCUT2D eigenvalue weighted by atomic mass is 9.99. The van der Waals surface area contributed by atoms with Crippen LogP contribution in [0.3, 0.4) is 0 Å². The summed E-state index contributed by atoms with van der Waals surface area (Å²) in [4.78, 5) is 12.6. The Morgan fingerprint density at radius 1 is 0.738 bits per heavy atom. The van der Waals surface area contributed by atoms with Crippen LogP contribution in [-0.2, 0) is 14.3 Å². The van der Waals surface area contributed by atoms with Crippen molar-refractivity contribution in [3.63, 3.8) is 0 Å². The average molecular weight is 606 g/mol. The number of unbranched alkanes of at least 4 members (excludes halogenated alkanes) is 16. The minimum absolute atomic E-state index is 0.257. The van der Waals surface area contributed by atoms with Crippen LogP contribution in [0.4, 0.5) is 0 Å². The fraction of sp³-hybridized carbons (Fsp3) is 0.969. The number of ether oxygens (including phenoxy) is 2. The van der Waals surface area contributed by atoms with Crippen molar-refractivity contribution in [2.45, 2.75) is 185 Å². The summed E-state index contributed by atoms with van der Waals surface area (Å²) < 4.78 is 10.9. The van der Waals surface area contributed by atoms with E-state index in [4.69, 9.17) is 9.47 Å². The fourth-order valence-electron chi connectivity index (χ4n) is 5.43. The van der Waals surface area contributed by atoms with E-state index in [0.29, 0.717) is 0 Å². The lowest BCUT2D eigenvalue weighted by Crippen LogP contribution is -2.60. The minimum Gasteiger partial charge on any atom is -0.394 e. The molecule has 1 aliphatic rings. The molecular formula is C32H63NO9. The number of amides is 1. The van der Waals surface area contributed by atoms with Crippen molar-refractivity contribution in [3.05, 3.63) is 0 Å². The van der Waals surface area contributed by atoms with Gasteiger partial charge in [-0.1, -0.05) is 117 Å². The van der Waals surface area contributed by atoms with Gasteiger partial charge >= 0.3 is 0 Å². The molecule has 0 aromatic carbocycles. The largest absolute Gasteiger partial charge is 0.394 e. The summed E-state index contributed by atoms with van der Waals surface area (Å²) in [6, 6.07) is -0.981. The number of nitrogens with one attached hydrogen (secondary N) is 1. The molecule has 0 radical (unpaired) electrons. The molecule has 1 heterocycles. The van der Waals surface area contributed by atoms with Crippen LogP contribution in [0.15, 0.2) is 0 Å². The molecule has 1 fully saturated rings. The monoisotopic (exact) mass is 605 g/mol. The molecule has 0 saturated carbocycles. The molecule has 1 rings (SSSR count). The molecule has 1 aliphatic heterocycles. The molecule has 0 aliphatic carbocycles. The molecule has 0 bridgehead atoms. The lowest BCUT2D eigenvalue weighted by molar-refractivity contribution is -0.303. The highest BCUT2D eigenvalue weighted by Crippen LogP contribution is 2.22. The van der Waals surface area contributed by atoms with Gasteiger partial charge in [0, 0.05) is 6.42 Å². The molecule has 0 aromatic heterocycles. The van der Waals surface area contributed by atoms with Gasteiger partial charge in [0.05, 0.1) is 25.4 Å². The highest BCUT2D eigenvalue weighted by Gasteiger charge is 2.44. The van der Waals surface area contributed by atoms with E-state index in [2.05, 4.69) is 12.2 Å². The van der Waals surface area contributed by atoms with Gasteiger partial charge in [0.2, 0.25) is 5.91 Å². The third-order valence-corrected chi connectivity index (χ3v) is 8.37. The van der Waals surface area contributed by atoms with Crippen molar-refractivity contribution in [1.29, 1.82) is 0 Å². The highest BCUT2D eigenvalue weighted by atomic mass is 16.7. The van der Waals surface area contributed by atoms with Crippen LogP contribution >= 0.6 is 0 Å². The van der Waals surface area contributed by atoms with E-state index in [1.54, 1.807) is 6.92 Å². The maximum Gasteiger partial charge on any atom is 0.220 e. The smallest absolute Gasteiger partial charge is 0.220 e. The standard InChI is InChI=1S/C32H63NO9/c1-3-5-6-7-8-9-10-11-12-13-14-15-16-17-18-19-20-21-27(36)33-24(28(37)25(35)4-2)23-41-32-31(40)30(39)29(38)26(22-34)42-32/h24-26,28-32,34-35,37-40H,3-23H2,1-2H3,(H,33,36)/t24-,25+,26?,28-,29?,30?,31?,32?/m0/s1. The Bertz CT molecular complexity index is 653. The van der Waals surface area contributed by atoms with E-state index in [0.717, 1.165) is 25.7 Å². The Hall–Kier alpha value is -0.850. The quantitative estimate of drug-likeness (QED) is 0.0730. The first-order chi connectivity index (χ1) is 20.3.